The SMILES string of the molecule is CNCc1cn(-c2ccccc2)nc1C. The molecule has 0 unspecified atom stereocenters. The fourth-order valence-corrected chi connectivity index (χ4v) is 1.57. The molecule has 0 aliphatic carbocycles. The standard InChI is InChI=1S/C12H15N3/c1-10-11(8-13-2)9-15(14-10)12-6-4-3-5-7-12/h3-7,9,13H,8H2,1-2H3. The fraction of sp³-hybridized carbons (Fsp3) is 0.250. The average molecular weight is 201 g/mol. The van der Waals surface area contributed by atoms with Gasteiger partial charge in [-0.05, 0) is 26.1 Å². The summed E-state index contributed by atoms with van der Waals surface area (Å²) in [5.74, 6) is 0. The van der Waals surface area contributed by atoms with E-state index < -0.39 is 0 Å². The summed E-state index contributed by atoms with van der Waals surface area (Å²) in [7, 11) is 1.94. The van der Waals surface area contributed by atoms with E-state index in [2.05, 4.69) is 28.7 Å². The lowest BCUT2D eigenvalue weighted by Gasteiger charge is -1.98. The van der Waals surface area contributed by atoms with E-state index >= 15 is 0 Å². The third kappa shape index (κ3) is 2.07. The molecule has 0 saturated carbocycles. The van der Waals surface area contributed by atoms with Crippen LogP contribution >= 0.6 is 0 Å². The van der Waals surface area contributed by atoms with Gasteiger partial charge in [0.15, 0.2) is 0 Å². The molecule has 0 aliphatic heterocycles. The van der Waals surface area contributed by atoms with Gasteiger partial charge in [-0.15, -0.1) is 0 Å². The Morgan fingerprint density at radius 2 is 2.00 bits per heavy atom. The van der Waals surface area contributed by atoms with Crippen molar-refractivity contribution < 1.29 is 0 Å². The number of para-hydroxylation sites is 1. The predicted octanol–water partition coefficient (Wildman–Crippen LogP) is 1.90. The number of nitrogens with one attached hydrogen (secondary N) is 1. The summed E-state index contributed by atoms with van der Waals surface area (Å²) in [5.41, 5.74) is 3.41. The first-order valence-electron chi connectivity index (χ1n) is 5.06. The molecule has 15 heavy (non-hydrogen) atoms. The minimum absolute atomic E-state index is 0.860. The zero-order valence-corrected chi connectivity index (χ0v) is 9.07. The van der Waals surface area contributed by atoms with Crippen LogP contribution in [0.1, 0.15) is 11.3 Å². The highest BCUT2D eigenvalue weighted by atomic mass is 15.3. The van der Waals surface area contributed by atoms with E-state index in [1.54, 1.807) is 0 Å². The van der Waals surface area contributed by atoms with Crippen LogP contribution in [-0.2, 0) is 6.54 Å². The summed E-state index contributed by atoms with van der Waals surface area (Å²) in [6.45, 7) is 2.89. The maximum absolute atomic E-state index is 4.48. The Bertz CT molecular complexity index is 431. The molecule has 1 N–H and O–H groups in total. The summed E-state index contributed by atoms with van der Waals surface area (Å²) in [5, 5.41) is 7.61. The Kier molecular flexibility index (Phi) is 2.83. The Balaban J connectivity index is 2.34. The Labute approximate surface area is 89.7 Å². The van der Waals surface area contributed by atoms with E-state index in [-0.39, 0.29) is 0 Å². The largest absolute Gasteiger partial charge is 0.316 e. The molecule has 78 valence electrons. The van der Waals surface area contributed by atoms with Gasteiger partial charge in [0.25, 0.3) is 0 Å². The molecule has 0 aliphatic rings. The third-order valence-corrected chi connectivity index (χ3v) is 2.39. The lowest BCUT2D eigenvalue weighted by Crippen LogP contribution is -2.05. The Morgan fingerprint density at radius 3 is 2.67 bits per heavy atom. The van der Waals surface area contributed by atoms with Gasteiger partial charge in [0.2, 0.25) is 0 Å². The molecule has 0 spiro atoms. The van der Waals surface area contributed by atoms with Crippen LogP contribution in [0.4, 0.5) is 0 Å². The molecule has 2 rings (SSSR count). The highest BCUT2D eigenvalue weighted by molar-refractivity contribution is 5.32. The smallest absolute Gasteiger partial charge is 0.0645 e. The topological polar surface area (TPSA) is 29.9 Å². The number of nitrogens with zero attached hydrogens (tertiary/aromatic N) is 2. The normalized spacial score (nSPS) is 10.5. The van der Waals surface area contributed by atoms with Crippen molar-refractivity contribution in [3.05, 3.63) is 47.8 Å². The van der Waals surface area contributed by atoms with Crippen LogP contribution < -0.4 is 5.32 Å². The molecule has 0 radical (unpaired) electrons. The van der Waals surface area contributed by atoms with Gasteiger partial charge in [0.1, 0.15) is 0 Å². The monoisotopic (exact) mass is 201 g/mol. The highest BCUT2D eigenvalue weighted by Crippen LogP contribution is 2.11. The second-order valence-electron chi connectivity index (χ2n) is 3.55. The zero-order valence-electron chi connectivity index (χ0n) is 9.07. The first-order valence-corrected chi connectivity index (χ1v) is 5.06. The van der Waals surface area contributed by atoms with E-state index in [0.29, 0.717) is 0 Å². The third-order valence-electron chi connectivity index (χ3n) is 2.39. The molecular formula is C12H15N3. The Hall–Kier alpha value is -1.61. The van der Waals surface area contributed by atoms with Crippen molar-refractivity contribution in [1.82, 2.24) is 15.1 Å². The molecule has 1 aromatic heterocycles. The van der Waals surface area contributed by atoms with Gasteiger partial charge in [0.05, 0.1) is 11.4 Å². The van der Waals surface area contributed by atoms with Crippen LogP contribution in [0.3, 0.4) is 0 Å². The van der Waals surface area contributed by atoms with Gasteiger partial charge in [-0.2, -0.15) is 5.10 Å². The minimum Gasteiger partial charge on any atom is -0.316 e. The molecule has 1 heterocycles. The van der Waals surface area contributed by atoms with Crippen LogP contribution in [0.2, 0.25) is 0 Å². The maximum Gasteiger partial charge on any atom is 0.0645 e. The summed E-state index contributed by atoms with van der Waals surface area (Å²) in [4.78, 5) is 0. The van der Waals surface area contributed by atoms with Crippen LogP contribution in [0.5, 0.6) is 0 Å². The Morgan fingerprint density at radius 1 is 1.27 bits per heavy atom. The molecule has 1 aromatic carbocycles. The molecule has 2 aromatic rings. The quantitative estimate of drug-likeness (QED) is 0.822. The highest BCUT2D eigenvalue weighted by Gasteiger charge is 2.04. The minimum atomic E-state index is 0.860. The van der Waals surface area contributed by atoms with Gasteiger partial charge in [-0.3, -0.25) is 0 Å². The van der Waals surface area contributed by atoms with E-state index in [0.717, 1.165) is 17.9 Å². The van der Waals surface area contributed by atoms with Gasteiger partial charge in [0, 0.05) is 18.3 Å². The predicted molar refractivity (Wildman–Crippen MR) is 61.1 cm³/mol. The molecule has 3 heteroatoms. The average Bonchev–Trinajstić information content (AvgIpc) is 2.63. The molecule has 0 atom stereocenters. The summed E-state index contributed by atoms with van der Waals surface area (Å²) < 4.78 is 1.92. The second-order valence-corrected chi connectivity index (χ2v) is 3.55. The van der Waals surface area contributed by atoms with E-state index in [9.17, 15) is 0 Å². The first kappa shape index (κ1) is 9.93. The van der Waals surface area contributed by atoms with E-state index in [4.69, 9.17) is 0 Å². The van der Waals surface area contributed by atoms with Crippen LogP contribution in [-0.4, -0.2) is 16.8 Å². The number of rotatable bonds is 3. The van der Waals surface area contributed by atoms with Gasteiger partial charge in [-0.1, -0.05) is 18.2 Å². The summed E-state index contributed by atoms with van der Waals surface area (Å²) in [6.07, 6.45) is 2.07. The van der Waals surface area contributed by atoms with E-state index in [1.807, 2.05) is 36.9 Å². The second kappa shape index (κ2) is 4.28. The molecule has 0 fully saturated rings. The van der Waals surface area contributed by atoms with E-state index in [1.165, 1.54) is 5.56 Å². The van der Waals surface area contributed by atoms with Crippen LogP contribution in [0.15, 0.2) is 36.5 Å². The maximum atomic E-state index is 4.48. The number of aromatic nitrogens is 2. The van der Waals surface area contributed by atoms with Crippen molar-refractivity contribution in [3.8, 4) is 5.69 Å². The molecular weight excluding hydrogens is 186 g/mol. The number of aryl methyl sites for hydroxylation is 1. The number of hydrogen-bond acceptors (Lipinski definition) is 2. The molecule has 0 amide bonds. The molecule has 0 bridgehead atoms. The molecule has 0 saturated heterocycles. The first-order chi connectivity index (χ1) is 7.31. The van der Waals surface area contributed by atoms with Crippen molar-refractivity contribution >= 4 is 0 Å². The zero-order chi connectivity index (χ0) is 10.7. The lowest BCUT2D eigenvalue weighted by molar-refractivity contribution is 0.812. The summed E-state index contributed by atoms with van der Waals surface area (Å²) in [6, 6.07) is 10.1. The number of hydrogen-bond donors (Lipinski definition) is 1. The van der Waals surface area contributed by atoms with Crippen molar-refractivity contribution in [2.75, 3.05) is 7.05 Å². The van der Waals surface area contributed by atoms with Gasteiger partial charge in [-0.25, -0.2) is 4.68 Å². The van der Waals surface area contributed by atoms with Gasteiger partial charge < -0.3 is 5.32 Å². The van der Waals surface area contributed by atoms with Crippen molar-refractivity contribution in [1.29, 1.82) is 0 Å². The van der Waals surface area contributed by atoms with Crippen LogP contribution in [0, 0.1) is 6.92 Å². The van der Waals surface area contributed by atoms with Crippen molar-refractivity contribution in [3.63, 3.8) is 0 Å². The van der Waals surface area contributed by atoms with Crippen molar-refractivity contribution in [2.45, 2.75) is 13.5 Å². The fourth-order valence-electron chi connectivity index (χ4n) is 1.57. The lowest BCUT2D eigenvalue weighted by atomic mass is 10.2. The molecule has 3 nitrogen and oxygen atoms in total. The van der Waals surface area contributed by atoms with Crippen molar-refractivity contribution in [2.24, 2.45) is 0 Å². The van der Waals surface area contributed by atoms with Gasteiger partial charge >= 0.3 is 0 Å². The van der Waals surface area contributed by atoms with Crippen LogP contribution in [0.25, 0.3) is 5.69 Å². The number of benzene rings is 1. The summed E-state index contributed by atoms with van der Waals surface area (Å²) >= 11 is 0.